The van der Waals surface area contributed by atoms with Crippen molar-refractivity contribution in [1.82, 2.24) is 0 Å². The largest absolute Gasteiger partial charge is 0.379 e. The lowest BCUT2D eigenvalue weighted by molar-refractivity contribution is -0.203. The van der Waals surface area contributed by atoms with Crippen molar-refractivity contribution in [2.24, 2.45) is 0 Å². The Labute approximate surface area is 81.4 Å². The van der Waals surface area contributed by atoms with Gasteiger partial charge in [0.15, 0.2) is 0 Å². The van der Waals surface area contributed by atoms with E-state index in [9.17, 15) is 0 Å². The highest BCUT2D eigenvalue weighted by atomic mass is 28.2. The van der Waals surface area contributed by atoms with Crippen molar-refractivity contribution >= 4 is 9.76 Å². The third kappa shape index (κ3) is 7.15. The van der Waals surface area contributed by atoms with E-state index >= 15 is 0 Å². The third-order valence-corrected chi connectivity index (χ3v) is 2.80. The molecule has 0 bridgehead atoms. The Kier molecular flexibility index (Phi) is 6.39. The van der Waals surface area contributed by atoms with E-state index in [1.165, 1.54) is 0 Å². The first-order valence-corrected chi connectivity index (χ1v) is 6.45. The second kappa shape index (κ2) is 7.46. The van der Waals surface area contributed by atoms with Crippen molar-refractivity contribution in [3.63, 3.8) is 0 Å². The topological polar surface area (TPSA) is 40.2 Å². The molecule has 1 atom stereocenters. The summed E-state index contributed by atoms with van der Waals surface area (Å²) in [6.07, 6.45) is 1.46. The van der Waals surface area contributed by atoms with E-state index < -0.39 is 9.76 Å². The van der Waals surface area contributed by atoms with Gasteiger partial charge in [0.05, 0.1) is 19.8 Å². The zero-order chi connectivity index (χ0) is 9.36. The molecule has 1 fully saturated rings. The summed E-state index contributed by atoms with van der Waals surface area (Å²) in [7, 11) is -0.465. The molecular weight excluding hydrogens is 188 g/mol. The van der Waals surface area contributed by atoms with E-state index in [0.717, 1.165) is 32.3 Å². The van der Waals surface area contributed by atoms with Gasteiger partial charge in [-0.15, -0.1) is 0 Å². The summed E-state index contributed by atoms with van der Waals surface area (Å²) in [5.41, 5.74) is 0. The van der Waals surface area contributed by atoms with E-state index in [2.05, 4.69) is 0 Å². The fourth-order valence-electron chi connectivity index (χ4n) is 0.886. The maximum Gasteiger partial charge on any atom is 0.208 e. The van der Waals surface area contributed by atoms with Crippen molar-refractivity contribution < 1.29 is 18.9 Å². The standard InChI is InChI=1S/C8H18O4Si/c1-2-11-12-13-5-3-4-9-6-8-7-10-8/h8H,2-7,13H2,1H3. The van der Waals surface area contributed by atoms with Crippen LogP contribution in [0.25, 0.3) is 0 Å². The van der Waals surface area contributed by atoms with Gasteiger partial charge in [-0.3, -0.25) is 4.58 Å². The average Bonchev–Trinajstić information content (AvgIpc) is 2.93. The molecule has 0 N–H and O–H groups in total. The maximum absolute atomic E-state index is 5.36. The van der Waals surface area contributed by atoms with Gasteiger partial charge in [-0.1, -0.05) is 0 Å². The molecule has 4 nitrogen and oxygen atoms in total. The fourth-order valence-corrected chi connectivity index (χ4v) is 1.70. The van der Waals surface area contributed by atoms with Crippen molar-refractivity contribution in [2.75, 3.05) is 26.4 Å². The Morgan fingerprint density at radius 1 is 1.54 bits per heavy atom. The number of rotatable bonds is 9. The average molecular weight is 206 g/mol. The molecule has 1 rings (SSSR count). The molecule has 0 aromatic rings. The van der Waals surface area contributed by atoms with Crippen molar-refractivity contribution in [3.8, 4) is 0 Å². The van der Waals surface area contributed by atoms with Gasteiger partial charge in [0, 0.05) is 6.61 Å². The predicted molar refractivity (Wildman–Crippen MR) is 51.2 cm³/mol. The van der Waals surface area contributed by atoms with E-state index in [1.54, 1.807) is 0 Å². The molecule has 0 saturated carbocycles. The minimum atomic E-state index is -0.465. The summed E-state index contributed by atoms with van der Waals surface area (Å²) in [5, 5.41) is 0. The highest BCUT2D eigenvalue weighted by Gasteiger charge is 2.21. The van der Waals surface area contributed by atoms with Gasteiger partial charge >= 0.3 is 0 Å². The maximum atomic E-state index is 5.36. The number of hydrogen-bond donors (Lipinski definition) is 0. The van der Waals surface area contributed by atoms with Crippen LogP contribution < -0.4 is 0 Å². The molecule has 78 valence electrons. The zero-order valence-electron chi connectivity index (χ0n) is 8.16. The summed E-state index contributed by atoms with van der Waals surface area (Å²) in [5.74, 6) is 0. The van der Waals surface area contributed by atoms with Crippen molar-refractivity contribution in [2.45, 2.75) is 25.5 Å². The number of ether oxygens (including phenoxy) is 2. The highest BCUT2D eigenvalue weighted by Crippen LogP contribution is 2.08. The SMILES string of the molecule is CCOO[SiH2]CCCOCC1CO1. The molecule has 5 heteroatoms. The Morgan fingerprint density at radius 2 is 2.38 bits per heavy atom. The first kappa shape index (κ1) is 11.1. The first-order valence-electron chi connectivity index (χ1n) is 4.87. The second-order valence-electron chi connectivity index (χ2n) is 2.97. The van der Waals surface area contributed by atoms with Crippen LogP contribution in [0.1, 0.15) is 13.3 Å². The van der Waals surface area contributed by atoms with Crippen LogP contribution in [0.4, 0.5) is 0 Å². The quantitative estimate of drug-likeness (QED) is 0.178. The lowest BCUT2D eigenvalue weighted by Gasteiger charge is -2.02. The van der Waals surface area contributed by atoms with Gasteiger partial charge in [-0.2, -0.15) is 0 Å². The minimum Gasteiger partial charge on any atom is -0.379 e. The second-order valence-corrected chi connectivity index (χ2v) is 4.32. The summed E-state index contributed by atoms with van der Waals surface area (Å²) in [4.78, 5) is 4.79. The van der Waals surface area contributed by atoms with Crippen LogP contribution in [0.2, 0.25) is 6.04 Å². The summed E-state index contributed by atoms with van der Waals surface area (Å²) in [6, 6.07) is 1.12. The normalized spacial score (nSPS) is 21.5. The van der Waals surface area contributed by atoms with Crippen LogP contribution in [0.15, 0.2) is 0 Å². The Balaban J connectivity index is 1.63. The monoisotopic (exact) mass is 206 g/mol. The molecule has 0 aromatic heterocycles. The molecule has 0 radical (unpaired) electrons. The van der Waals surface area contributed by atoms with Crippen LogP contribution in [-0.2, 0) is 18.9 Å². The first-order chi connectivity index (χ1) is 6.43. The number of hydrogen-bond acceptors (Lipinski definition) is 4. The lowest BCUT2D eigenvalue weighted by atomic mass is 10.5. The lowest BCUT2D eigenvalue weighted by Crippen LogP contribution is -2.05. The molecular formula is C8H18O4Si. The molecule has 0 spiro atoms. The minimum absolute atomic E-state index is 0.386. The number of epoxide rings is 1. The molecule has 1 aliphatic rings. The zero-order valence-corrected chi connectivity index (χ0v) is 9.57. The third-order valence-electron chi connectivity index (χ3n) is 1.67. The van der Waals surface area contributed by atoms with Gasteiger partial charge in [0.2, 0.25) is 9.76 Å². The molecule has 13 heavy (non-hydrogen) atoms. The van der Waals surface area contributed by atoms with Crippen LogP contribution in [0, 0.1) is 0 Å². The smallest absolute Gasteiger partial charge is 0.208 e. The molecule has 1 unspecified atom stereocenters. The van der Waals surface area contributed by atoms with E-state index in [0.29, 0.717) is 12.7 Å². The molecule has 0 aliphatic carbocycles. The summed E-state index contributed by atoms with van der Waals surface area (Å²) in [6.45, 7) is 5.02. The van der Waals surface area contributed by atoms with Crippen LogP contribution in [-0.4, -0.2) is 42.3 Å². The van der Waals surface area contributed by atoms with E-state index in [1.807, 2.05) is 6.92 Å². The van der Waals surface area contributed by atoms with E-state index in [-0.39, 0.29) is 0 Å². The molecule has 1 aliphatic heterocycles. The summed E-state index contributed by atoms with van der Waals surface area (Å²) < 4.78 is 15.4. The Morgan fingerprint density at radius 3 is 3.08 bits per heavy atom. The van der Waals surface area contributed by atoms with Crippen molar-refractivity contribution in [3.05, 3.63) is 0 Å². The molecule has 0 aromatic carbocycles. The summed E-state index contributed by atoms with van der Waals surface area (Å²) >= 11 is 0. The Bertz CT molecular complexity index is 119. The van der Waals surface area contributed by atoms with Gasteiger partial charge in [0.25, 0.3) is 0 Å². The highest BCUT2D eigenvalue weighted by molar-refractivity contribution is 6.26. The molecule has 1 saturated heterocycles. The van der Waals surface area contributed by atoms with Crippen LogP contribution in [0.5, 0.6) is 0 Å². The molecule has 1 heterocycles. The fraction of sp³-hybridized carbons (Fsp3) is 1.00. The van der Waals surface area contributed by atoms with Gasteiger partial charge in [0.1, 0.15) is 6.10 Å². The van der Waals surface area contributed by atoms with Gasteiger partial charge in [-0.05, 0) is 19.4 Å². The van der Waals surface area contributed by atoms with Gasteiger partial charge < -0.3 is 9.47 Å². The molecule has 0 amide bonds. The predicted octanol–water partition coefficient (Wildman–Crippen LogP) is 0.262. The van der Waals surface area contributed by atoms with Crippen molar-refractivity contribution in [1.29, 1.82) is 0 Å². The van der Waals surface area contributed by atoms with Gasteiger partial charge in [-0.25, -0.2) is 4.89 Å². The van der Waals surface area contributed by atoms with Crippen LogP contribution >= 0.6 is 0 Å². The van der Waals surface area contributed by atoms with E-state index in [4.69, 9.17) is 18.9 Å². The van der Waals surface area contributed by atoms with Crippen LogP contribution in [0.3, 0.4) is 0 Å². The Hall–Kier alpha value is 0.0569.